The Morgan fingerprint density at radius 1 is 1.35 bits per heavy atom. The highest BCUT2D eigenvalue weighted by atomic mass is 16.6. The van der Waals surface area contributed by atoms with E-state index in [1.807, 2.05) is 13.0 Å². The van der Waals surface area contributed by atoms with Crippen molar-refractivity contribution in [2.24, 2.45) is 0 Å². The van der Waals surface area contributed by atoms with E-state index in [-0.39, 0.29) is 12.3 Å². The Morgan fingerprint density at radius 3 is 2.85 bits per heavy atom. The van der Waals surface area contributed by atoms with Gasteiger partial charge < -0.3 is 14.5 Å². The van der Waals surface area contributed by atoms with Crippen LogP contribution in [0.1, 0.15) is 18.2 Å². The first kappa shape index (κ1) is 14.1. The number of hydrogen-bond donors (Lipinski definition) is 1. The lowest BCUT2D eigenvalue weighted by Crippen LogP contribution is -2.03. The maximum Gasteiger partial charge on any atom is 0.269 e. The van der Waals surface area contributed by atoms with Gasteiger partial charge in [-0.3, -0.25) is 10.1 Å². The molecule has 106 valence electrons. The monoisotopic (exact) mass is 276 g/mol. The van der Waals surface area contributed by atoms with Crippen LogP contribution in [0.15, 0.2) is 41.0 Å². The third kappa shape index (κ3) is 3.58. The minimum atomic E-state index is -0.411. The molecular weight excluding hydrogens is 260 g/mol. The molecule has 0 aliphatic heterocycles. The zero-order valence-corrected chi connectivity index (χ0v) is 11.2. The minimum absolute atomic E-state index is 0.0586. The van der Waals surface area contributed by atoms with Crippen LogP contribution in [0.4, 0.5) is 11.4 Å². The van der Waals surface area contributed by atoms with Crippen LogP contribution in [0.2, 0.25) is 0 Å². The molecule has 6 nitrogen and oxygen atoms in total. The topological polar surface area (TPSA) is 77.5 Å². The Hall–Kier alpha value is -2.34. The molecule has 0 saturated heterocycles. The molecule has 1 aromatic heterocycles. The number of rotatable bonds is 7. The zero-order chi connectivity index (χ0) is 14.4. The van der Waals surface area contributed by atoms with Crippen molar-refractivity contribution in [3.63, 3.8) is 0 Å². The van der Waals surface area contributed by atoms with E-state index >= 15 is 0 Å². The van der Waals surface area contributed by atoms with Gasteiger partial charge >= 0.3 is 0 Å². The van der Waals surface area contributed by atoms with E-state index in [1.54, 1.807) is 18.4 Å². The van der Waals surface area contributed by atoms with Crippen molar-refractivity contribution < 1.29 is 14.1 Å². The van der Waals surface area contributed by atoms with Gasteiger partial charge in [0.25, 0.3) is 5.69 Å². The second-order valence-corrected chi connectivity index (χ2v) is 4.20. The SMILES string of the molecule is CCNc1ccc([N+](=O)[O-])cc1COCc1ccco1. The summed E-state index contributed by atoms with van der Waals surface area (Å²) < 4.78 is 10.7. The average Bonchev–Trinajstić information content (AvgIpc) is 2.93. The number of ether oxygens (including phenoxy) is 1. The molecule has 2 rings (SSSR count). The summed E-state index contributed by atoms with van der Waals surface area (Å²) in [5, 5.41) is 14.0. The number of non-ortho nitro benzene ring substituents is 1. The average molecular weight is 276 g/mol. The number of nitro groups is 1. The van der Waals surface area contributed by atoms with Gasteiger partial charge in [-0.1, -0.05) is 0 Å². The maximum absolute atomic E-state index is 10.8. The molecule has 0 aliphatic carbocycles. The van der Waals surface area contributed by atoms with Crippen LogP contribution in [-0.2, 0) is 18.0 Å². The quantitative estimate of drug-likeness (QED) is 0.620. The molecule has 0 saturated carbocycles. The highest BCUT2D eigenvalue weighted by Crippen LogP contribution is 2.23. The summed E-state index contributed by atoms with van der Waals surface area (Å²) in [6, 6.07) is 8.32. The molecule has 1 heterocycles. The van der Waals surface area contributed by atoms with Crippen LogP contribution in [0.5, 0.6) is 0 Å². The fourth-order valence-corrected chi connectivity index (χ4v) is 1.83. The van der Waals surface area contributed by atoms with Crippen LogP contribution < -0.4 is 5.32 Å². The number of furan rings is 1. The summed E-state index contributed by atoms with van der Waals surface area (Å²) in [6.45, 7) is 3.32. The summed E-state index contributed by atoms with van der Waals surface area (Å²) in [7, 11) is 0. The molecular formula is C14H16N2O4. The number of hydrogen-bond acceptors (Lipinski definition) is 5. The third-order valence-corrected chi connectivity index (χ3v) is 2.75. The number of nitrogens with one attached hydrogen (secondary N) is 1. The molecule has 0 amide bonds. The lowest BCUT2D eigenvalue weighted by molar-refractivity contribution is -0.384. The molecule has 0 radical (unpaired) electrons. The van der Waals surface area contributed by atoms with Crippen molar-refractivity contribution in [3.05, 3.63) is 58.0 Å². The number of benzene rings is 1. The number of anilines is 1. The van der Waals surface area contributed by atoms with Crippen LogP contribution in [0.3, 0.4) is 0 Å². The minimum Gasteiger partial charge on any atom is -0.467 e. The summed E-state index contributed by atoms with van der Waals surface area (Å²) in [5.41, 5.74) is 1.66. The second-order valence-electron chi connectivity index (χ2n) is 4.20. The van der Waals surface area contributed by atoms with Crippen molar-refractivity contribution in [1.82, 2.24) is 0 Å². The molecule has 2 aromatic rings. The van der Waals surface area contributed by atoms with E-state index in [4.69, 9.17) is 9.15 Å². The van der Waals surface area contributed by atoms with Crippen molar-refractivity contribution in [2.45, 2.75) is 20.1 Å². The molecule has 1 aromatic carbocycles. The summed E-state index contributed by atoms with van der Waals surface area (Å²) >= 11 is 0. The van der Waals surface area contributed by atoms with Crippen LogP contribution in [0, 0.1) is 10.1 Å². The first-order valence-electron chi connectivity index (χ1n) is 6.32. The van der Waals surface area contributed by atoms with Crippen LogP contribution >= 0.6 is 0 Å². The maximum atomic E-state index is 10.8. The van der Waals surface area contributed by atoms with Gasteiger partial charge in [-0.05, 0) is 25.1 Å². The predicted molar refractivity (Wildman–Crippen MR) is 74.5 cm³/mol. The Kier molecular flexibility index (Phi) is 4.73. The van der Waals surface area contributed by atoms with Gasteiger partial charge in [-0.25, -0.2) is 0 Å². The van der Waals surface area contributed by atoms with Crippen molar-refractivity contribution in [2.75, 3.05) is 11.9 Å². The summed E-state index contributed by atoms with van der Waals surface area (Å²) in [6.07, 6.45) is 1.58. The Labute approximate surface area is 116 Å². The van der Waals surface area contributed by atoms with Gasteiger partial charge in [0.15, 0.2) is 0 Å². The molecule has 0 unspecified atom stereocenters. The Morgan fingerprint density at radius 2 is 2.20 bits per heavy atom. The van der Waals surface area contributed by atoms with Crippen molar-refractivity contribution >= 4 is 11.4 Å². The summed E-state index contributed by atoms with van der Waals surface area (Å²) in [5.74, 6) is 0.723. The standard InChI is InChI=1S/C14H16N2O4/c1-2-15-14-6-5-12(16(17)18)8-11(14)9-19-10-13-4-3-7-20-13/h3-8,15H,2,9-10H2,1H3. The number of nitro benzene ring substituents is 1. The Balaban J connectivity index is 2.06. The first-order chi connectivity index (χ1) is 9.70. The van der Waals surface area contributed by atoms with E-state index in [1.165, 1.54) is 12.1 Å². The smallest absolute Gasteiger partial charge is 0.269 e. The van der Waals surface area contributed by atoms with Crippen molar-refractivity contribution in [1.29, 1.82) is 0 Å². The fourth-order valence-electron chi connectivity index (χ4n) is 1.83. The molecule has 0 atom stereocenters. The van der Waals surface area contributed by atoms with E-state index in [0.717, 1.165) is 23.6 Å². The zero-order valence-electron chi connectivity index (χ0n) is 11.2. The summed E-state index contributed by atoms with van der Waals surface area (Å²) in [4.78, 5) is 10.4. The van der Waals surface area contributed by atoms with Crippen molar-refractivity contribution in [3.8, 4) is 0 Å². The van der Waals surface area contributed by atoms with Crippen LogP contribution in [0.25, 0.3) is 0 Å². The van der Waals surface area contributed by atoms with E-state index in [0.29, 0.717) is 6.61 Å². The fraction of sp³-hybridized carbons (Fsp3) is 0.286. The molecule has 0 bridgehead atoms. The molecule has 0 spiro atoms. The van der Waals surface area contributed by atoms with E-state index in [2.05, 4.69) is 5.32 Å². The third-order valence-electron chi connectivity index (χ3n) is 2.75. The normalized spacial score (nSPS) is 10.4. The molecule has 0 fully saturated rings. The van der Waals surface area contributed by atoms with Gasteiger partial charge in [0.05, 0.1) is 17.8 Å². The van der Waals surface area contributed by atoms with Crippen LogP contribution in [-0.4, -0.2) is 11.5 Å². The Bertz CT molecular complexity index is 567. The molecule has 1 N–H and O–H groups in total. The lowest BCUT2D eigenvalue weighted by atomic mass is 10.1. The van der Waals surface area contributed by atoms with E-state index in [9.17, 15) is 10.1 Å². The predicted octanol–water partition coefficient (Wildman–Crippen LogP) is 3.34. The lowest BCUT2D eigenvalue weighted by Gasteiger charge is -2.10. The van der Waals surface area contributed by atoms with Gasteiger partial charge in [0.2, 0.25) is 0 Å². The number of nitrogens with zero attached hydrogens (tertiary/aromatic N) is 1. The first-order valence-corrected chi connectivity index (χ1v) is 6.32. The molecule has 6 heteroatoms. The molecule has 20 heavy (non-hydrogen) atoms. The highest BCUT2D eigenvalue weighted by molar-refractivity contribution is 5.55. The van der Waals surface area contributed by atoms with Gasteiger partial charge in [-0.2, -0.15) is 0 Å². The van der Waals surface area contributed by atoms with Gasteiger partial charge in [0, 0.05) is 29.9 Å². The largest absolute Gasteiger partial charge is 0.467 e. The highest BCUT2D eigenvalue weighted by Gasteiger charge is 2.10. The molecule has 0 aliphatic rings. The van der Waals surface area contributed by atoms with Gasteiger partial charge in [-0.15, -0.1) is 0 Å². The van der Waals surface area contributed by atoms with E-state index < -0.39 is 4.92 Å². The van der Waals surface area contributed by atoms with Gasteiger partial charge in [0.1, 0.15) is 12.4 Å². The second kappa shape index (κ2) is 6.72.